The summed E-state index contributed by atoms with van der Waals surface area (Å²) >= 11 is 1.83. The van der Waals surface area contributed by atoms with Gasteiger partial charge in [-0.1, -0.05) is 29.9 Å². The van der Waals surface area contributed by atoms with Crippen molar-refractivity contribution in [2.24, 2.45) is 0 Å². The average Bonchev–Trinajstić information content (AvgIpc) is 3.06. The summed E-state index contributed by atoms with van der Waals surface area (Å²) in [4.78, 5) is 12.5. The monoisotopic (exact) mass is 344 g/mol. The topological polar surface area (TPSA) is 22.6 Å². The van der Waals surface area contributed by atoms with Crippen molar-refractivity contribution < 1.29 is 0 Å². The summed E-state index contributed by atoms with van der Waals surface area (Å²) < 4.78 is 1.30. The molecule has 2 saturated heterocycles. The molecule has 4 rings (SSSR count). The van der Waals surface area contributed by atoms with E-state index in [1.165, 1.54) is 61.7 Å². The first-order chi connectivity index (χ1) is 11.8. The lowest BCUT2D eigenvalue weighted by Crippen LogP contribution is -2.48. The molecule has 1 unspecified atom stereocenters. The standard InChI is InChI=1S/C19H28N4S/c1-21-10-5-4-6-16(21)9-11-22-12-14-23(15-13-22)19-20-17-7-2-3-8-18(17)24-19/h2-3,7-8,16H,4-6,9-15H2,1H3. The summed E-state index contributed by atoms with van der Waals surface area (Å²) in [7, 11) is 2.30. The third kappa shape index (κ3) is 3.58. The average molecular weight is 345 g/mol. The van der Waals surface area contributed by atoms with Gasteiger partial charge in [-0.15, -0.1) is 0 Å². The maximum absolute atomic E-state index is 4.81. The van der Waals surface area contributed by atoms with E-state index in [-0.39, 0.29) is 0 Å². The van der Waals surface area contributed by atoms with Crippen LogP contribution >= 0.6 is 11.3 Å². The van der Waals surface area contributed by atoms with E-state index in [1.54, 1.807) is 0 Å². The fraction of sp³-hybridized carbons (Fsp3) is 0.632. The summed E-state index contributed by atoms with van der Waals surface area (Å²) in [6, 6.07) is 9.28. The van der Waals surface area contributed by atoms with Gasteiger partial charge in [0.1, 0.15) is 0 Å². The van der Waals surface area contributed by atoms with E-state index in [9.17, 15) is 0 Å². The fourth-order valence-corrected chi connectivity index (χ4v) is 5.02. The van der Waals surface area contributed by atoms with Gasteiger partial charge in [0, 0.05) is 32.2 Å². The molecular weight excluding hydrogens is 316 g/mol. The van der Waals surface area contributed by atoms with Gasteiger partial charge in [-0.3, -0.25) is 4.90 Å². The molecule has 24 heavy (non-hydrogen) atoms. The molecule has 0 amide bonds. The lowest BCUT2D eigenvalue weighted by atomic mass is 10.00. The first kappa shape index (κ1) is 16.3. The maximum atomic E-state index is 4.81. The number of nitrogens with zero attached hydrogens (tertiary/aromatic N) is 4. The van der Waals surface area contributed by atoms with Gasteiger partial charge in [-0.05, 0) is 51.5 Å². The Morgan fingerprint density at radius 2 is 1.92 bits per heavy atom. The highest BCUT2D eigenvalue weighted by molar-refractivity contribution is 7.22. The third-order valence-corrected chi connectivity index (χ3v) is 6.72. The molecule has 1 atom stereocenters. The molecule has 5 heteroatoms. The molecule has 0 bridgehead atoms. The summed E-state index contributed by atoms with van der Waals surface area (Å²) in [6.45, 7) is 7.11. The number of rotatable bonds is 4. The molecule has 4 nitrogen and oxygen atoms in total. The number of likely N-dealkylation sites (tertiary alicyclic amines) is 1. The van der Waals surface area contributed by atoms with E-state index in [0.717, 1.165) is 24.6 Å². The molecule has 2 aliphatic rings. The number of thiazole rings is 1. The van der Waals surface area contributed by atoms with Crippen molar-refractivity contribution in [2.75, 3.05) is 51.2 Å². The van der Waals surface area contributed by atoms with Crippen LogP contribution in [0.2, 0.25) is 0 Å². The van der Waals surface area contributed by atoms with E-state index >= 15 is 0 Å². The number of hydrogen-bond acceptors (Lipinski definition) is 5. The van der Waals surface area contributed by atoms with Crippen molar-refractivity contribution in [1.82, 2.24) is 14.8 Å². The molecule has 0 aliphatic carbocycles. The van der Waals surface area contributed by atoms with Crippen LogP contribution in [0, 0.1) is 0 Å². The second-order valence-electron chi connectivity index (χ2n) is 7.21. The van der Waals surface area contributed by atoms with Crippen LogP contribution in [-0.4, -0.2) is 67.1 Å². The molecule has 2 aliphatic heterocycles. The van der Waals surface area contributed by atoms with Crippen LogP contribution in [0.5, 0.6) is 0 Å². The Labute approximate surface area is 149 Å². The van der Waals surface area contributed by atoms with Crippen LogP contribution in [0.4, 0.5) is 5.13 Å². The number of para-hydroxylation sites is 1. The van der Waals surface area contributed by atoms with Crippen molar-refractivity contribution in [1.29, 1.82) is 0 Å². The predicted molar refractivity (Wildman–Crippen MR) is 103 cm³/mol. The normalized spacial score (nSPS) is 23.9. The minimum atomic E-state index is 0.807. The molecule has 2 aromatic rings. The first-order valence-electron chi connectivity index (χ1n) is 9.33. The molecule has 0 radical (unpaired) electrons. The Balaban J connectivity index is 1.28. The Morgan fingerprint density at radius 1 is 1.08 bits per heavy atom. The Hall–Kier alpha value is -1.17. The fourth-order valence-electron chi connectivity index (χ4n) is 4.00. The SMILES string of the molecule is CN1CCCCC1CCN1CCN(c2nc3ccccc3s2)CC1. The van der Waals surface area contributed by atoms with Crippen LogP contribution in [-0.2, 0) is 0 Å². The summed E-state index contributed by atoms with van der Waals surface area (Å²) in [6.07, 6.45) is 5.52. The van der Waals surface area contributed by atoms with E-state index in [1.807, 2.05) is 11.3 Å². The minimum Gasteiger partial charge on any atom is -0.345 e. The highest BCUT2D eigenvalue weighted by Crippen LogP contribution is 2.29. The second kappa shape index (κ2) is 7.38. The third-order valence-electron chi connectivity index (χ3n) is 5.63. The van der Waals surface area contributed by atoms with Gasteiger partial charge >= 0.3 is 0 Å². The molecule has 0 N–H and O–H groups in total. The number of fused-ring (bicyclic) bond motifs is 1. The van der Waals surface area contributed by atoms with E-state index < -0.39 is 0 Å². The van der Waals surface area contributed by atoms with E-state index in [0.29, 0.717) is 0 Å². The molecule has 1 aromatic carbocycles. The molecular formula is C19H28N4S. The lowest BCUT2D eigenvalue weighted by molar-refractivity contribution is 0.151. The second-order valence-corrected chi connectivity index (χ2v) is 8.22. The van der Waals surface area contributed by atoms with E-state index in [2.05, 4.69) is 46.0 Å². The van der Waals surface area contributed by atoms with Gasteiger partial charge in [0.05, 0.1) is 10.2 Å². The van der Waals surface area contributed by atoms with Crippen molar-refractivity contribution in [3.63, 3.8) is 0 Å². The van der Waals surface area contributed by atoms with Gasteiger partial charge in [0.15, 0.2) is 5.13 Å². The van der Waals surface area contributed by atoms with Gasteiger partial charge in [-0.2, -0.15) is 0 Å². The van der Waals surface area contributed by atoms with Gasteiger partial charge in [-0.25, -0.2) is 4.98 Å². The highest BCUT2D eigenvalue weighted by Gasteiger charge is 2.23. The van der Waals surface area contributed by atoms with Crippen molar-refractivity contribution >= 4 is 26.7 Å². The molecule has 0 spiro atoms. The first-order valence-corrected chi connectivity index (χ1v) is 10.1. The van der Waals surface area contributed by atoms with Gasteiger partial charge in [0.2, 0.25) is 0 Å². The van der Waals surface area contributed by atoms with Crippen molar-refractivity contribution in [2.45, 2.75) is 31.7 Å². The van der Waals surface area contributed by atoms with Crippen LogP contribution in [0.15, 0.2) is 24.3 Å². The number of benzene rings is 1. The van der Waals surface area contributed by atoms with Crippen LogP contribution in [0.3, 0.4) is 0 Å². The molecule has 130 valence electrons. The maximum Gasteiger partial charge on any atom is 0.186 e. The molecule has 0 saturated carbocycles. The van der Waals surface area contributed by atoms with Crippen molar-refractivity contribution in [3.05, 3.63) is 24.3 Å². The number of piperazine rings is 1. The zero-order valence-corrected chi connectivity index (χ0v) is 15.5. The van der Waals surface area contributed by atoms with Crippen LogP contribution < -0.4 is 4.90 Å². The number of anilines is 1. The number of piperidine rings is 1. The lowest BCUT2D eigenvalue weighted by Gasteiger charge is -2.37. The number of hydrogen-bond donors (Lipinski definition) is 0. The zero-order valence-electron chi connectivity index (χ0n) is 14.7. The zero-order chi connectivity index (χ0) is 16.4. The number of aromatic nitrogens is 1. The van der Waals surface area contributed by atoms with E-state index in [4.69, 9.17) is 4.98 Å². The smallest absolute Gasteiger partial charge is 0.186 e. The van der Waals surface area contributed by atoms with Crippen LogP contribution in [0.1, 0.15) is 25.7 Å². The van der Waals surface area contributed by atoms with Gasteiger partial charge in [0.25, 0.3) is 0 Å². The summed E-state index contributed by atoms with van der Waals surface area (Å²) in [5.41, 5.74) is 1.14. The Kier molecular flexibility index (Phi) is 5.01. The Morgan fingerprint density at radius 3 is 2.71 bits per heavy atom. The minimum absolute atomic E-state index is 0.807. The van der Waals surface area contributed by atoms with Crippen molar-refractivity contribution in [3.8, 4) is 0 Å². The predicted octanol–water partition coefficient (Wildman–Crippen LogP) is 3.29. The van der Waals surface area contributed by atoms with Crippen LogP contribution in [0.25, 0.3) is 10.2 Å². The highest BCUT2D eigenvalue weighted by atomic mass is 32.1. The summed E-state index contributed by atoms with van der Waals surface area (Å²) in [5.74, 6) is 0. The largest absolute Gasteiger partial charge is 0.345 e. The quantitative estimate of drug-likeness (QED) is 0.849. The molecule has 1 aromatic heterocycles. The Bertz CT molecular complexity index is 629. The molecule has 3 heterocycles. The summed E-state index contributed by atoms with van der Waals surface area (Å²) in [5, 5.41) is 1.20. The molecule has 2 fully saturated rings. The van der Waals surface area contributed by atoms with Gasteiger partial charge < -0.3 is 9.80 Å².